The van der Waals surface area contributed by atoms with Gasteiger partial charge in [-0.1, -0.05) is 48.5 Å². The molecular formula is C20H17Cl2NO5S. The lowest BCUT2D eigenvalue weighted by Crippen LogP contribution is -2.21. The molecule has 0 saturated heterocycles. The number of nitrogens with zero attached hydrogens (tertiary/aromatic N) is 1. The molecule has 152 valence electrons. The number of sulfone groups is 1. The molecule has 0 saturated carbocycles. The smallest absolute Gasteiger partial charge is 0.315 e. The minimum absolute atomic E-state index is 0.0309. The summed E-state index contributed by atoms with van der Waals surface area (Å²) in [7, 11) is -3.86. The molecule has 0 radical (unpaired) electrons. The Kier molecular flexibility index (Phi) is 6.62. The third-order valence-electron chi connectivity index (χ3n) is 4.33. The second-order valence-corrected chi connectivity index (χ2v) is 8.88. The Morgan fingerprint density at radius 2 is 1.62 bits per heavy atom. The van der Waals surface area contributed by atoms with E-state index in [-0.39, 0.29) is 28.0 Å². The number of ether oxygens (including phenoxy) is 1. The lowest BCUT2D eigenvalue weighted by molar-refractivity contribution is -0.386. The second kappa shape index (κ2) is 8.98. The number of nitro groups is 1. The standard InChI is InChI=1S/C20H17Cl2NO5S/c21-11-16(12-22)28-18-9-3-7-15(20(18)23(24)25)13-29(26,27)19-10-4-6-14-5-1-2-8-17(14)19/h1-10,16H,11-13H2. The zero-order valence-corrected chi connectivity index (χ0v) is 17.5. The van der Waals surface area contributed by atoms with Crippen LogP contribution in [0.4, 0.5) is 5.69 Å². The minimum atomic E-state index is -3.86. The van der Waals surface area contributed by atoms with Gasteiger partial charge >= 0.3 is 5.69 Å². The predicted molar refractivity (Wildman–Crippen MR) is 114 cm³/mol. The van der Waals surface area contributed by atoms with E-state index in [2.05, 4.69) is 0 Å². The largest absolute Gasteiger partial charge is 0.481 e. The van der Waals surface area contributed by atoms with E-state index in [1.54, 1.807) is 18.2 Å². The van der Waals surface area contributed by atoms with Crippen molar-refractivity contribution in [2.24, 2.45) is 0 Å². The van der Waals surface area contributed by atoms with Crippen molar-refractivity contribution >= 4 is 49.5 Å². The Labute approximate surface area is 178 Å². The molecule has 3 aromatic rings. The van der Waals surface area contributed by atoms with E-state index in [0.717, 1.165) is 5.39 Å². The molecule has 0 atom stereocenters. The maximum absolute atomic E-state index is 13.1. The molecule has 3 rings (SSSR count). The first-order valence-corrected chi connectivity index (χ1v) is 11.3. The molecule has 0 amide bonds. The topological polar surface area (TPSA) is 86.5 Å². The quantitative estimate of drug-likeness (QED) is 0.273. The van der Waals surface area contributed by atoms with Crippen LogP contribution in [0, 0.1) is 10.1 Å². The summed E-state index contributed by atoms with van der Waals surface area (Å²) in [5, 5.41) is 13.0. The summed E-state index contributed by atoms with van der Waals surface area (Å²) in [5.41, 5.74) is -0.375. The minimum Gasteiger partial charge on any atom is -0.481 e. The molecule has 0 heterocycles. The van der Waals surface area contributed by atoms with Crippen LogP contribution in [-0.4, -0.2) is 31.2 Å². The highest BCUT2D eigenvalue weighted by atomic mass is 35.5. The van der Waals surface area contributed by atoms with Gasteiger partial charge in [0, 0.05) is 10.9 Å². The molecule has 0 spiro atoms. The van der Waals surface area contributed by atoms with Gasteiger partial charge in [0.25, 0.3) is 0 Å². The molecule has 9 heteroatoms. The number of rotatable bonds is 8. The number of para-hydroxylation sites is 1. The highest BCUT2D eigenvalue weighted by Gasteiger charge is 2.28. The van der Waals surface area contributed by atoms with E-state index in [4.69, 9.17) is 27.9 Å². The summed E-state index contributed by atoms with van der Waals surface area (Å²) in [4.78, 5) is 11.2. The SMILES string of the molecule is O=[N+]([O-])c1c(CS(=O)(=O)c2cccc3ccccc23)cccc1OC(CCl)CCl. The number of fused-ring (bicyclic) bond motifs is 1. The Morgan fingerprint density at radius 3 is 2.31 bits per heavy atom. The van der Waals surface area contributed by atoms with Gasteiger partial charge in [-0.3, -0.25) is 10.1 Å². The van der Waals surface area contributed by atoms with Crippen LogP contribution in [0.25, 0.3) is 10.8 Å². The molecule has 0 bridgehead atoms. The molecule has 3 aromatic carbocycles. The maximum Gasteiger partial charge on any atom is 0.315 e. The monoisotopic (exact) mass is 453 g/mol. The van der Waals surface area contributed by atoms with Gasteiger partial charge in [-0.2, -0.15) is 0 Å². The van der Waals surface area contributed by atoms with Crippen LogP contribution in [0.1, 0.15) is 5.56 Å². The van der Waals surface area contributed by atoms with E-state index in [1.807, 2.05) is 18.2 Å². The zero-order valence-electron chi connectivity index (χ0n) is 15.1. The predicted octanol–water partition coefficient (Wildman–Crippen LogP) is 4.95. The second-order valence-electron chi connectivity index (χ2n) is 6.31. The zero-order chi connectivity index (χ0) is 21.0. The molecule has 0 aliphatic heterocycles. The lowest BCUT2D eigenvalue weighted by Gasteiger charge is -2.15. The fraction of sp³-hybridized carbons (Fsp3) is 0.200. The summed E-state index contributed by atoms with van der Waals surface area (Å²) in [6.45, 7) is 0. The summed E-state index contributed by atoms with van der Waals surface area (Å²) in [5.74, 6) is -0.522. The van der Waals surface area contributed by atoms with Crippen molar-refractivity contribution in [3.05, 3.63) is 76.3 Å². The summed E-state index contributed by atoms with van der Waals surface area (Å²) < 4.78 is 31.8. The third-order valence-corrected chi connectivity index (χ3v) is 6.74. The van der Waals surface area contributed by atoms with Crippen molar-refractivity contribution < 1.29 is 18.1 Å². The van der Waals surface area contributed by atoms with Crippen LogP contribution in [0.5, 0.6) is 5.75 Å². The van der Waals surface area contributed by atoms with E-state index in [1.165, 1.54) is 24.3 Å². The first kappa shape index (κ1) is 21.4. The number of nitro benzene ring substituents is 1. The van der Waals surface area contributed by atoms with E-state index in [0.29, 0.717) is 5.39 Å². The van der Waals surface area contributed by atoms with Crippen LogP contribution in [0.3, 0.4) is 0 Å². The van der Waals surface area contributed by atoms with Crippen molar-refractivity contribution in [3.8, 4) is 5.75 Å². The van der Waals surface area contributed by atoms with Crippen LogP contribution in [0.2, 0.25) is 0 Å². The molecular weight excluding hydrogens is 437 g/mol. The van der Waals surface area contributed by atoms with Crippen LogP contribution in [0.15, 0.2) is 65.6 Å². The van der Waals surface area contributed by atoms with E-state index < -0.39 is 32.3 Å². The van der Waals surface area contributed by atoms with Crippen LogP contribution >= 0.6 is 23.2 Å². The first-order chi connectivity index (χ1) is 13.9. The molecule has 0 unspecified atom stereocenters. The molecule has 29 heavy (non-hydrogen) atoms. The number of hydrogen-bond acceptors (Lipinski definition) is 5. The fourth-order valence-corrected chi connectivity index (χ4v) is 5.08. The highest BCUT2D eigenvalue weighted by Crippen LogP contribution is 2.35. The average molecular weight is 454 g/mol. The first-order valence-electron chi connectivity index (χ1n) is 8.62. The summed E-state index contributed by atoms with van der Waals surface area (Å²) in [6.07, 6.45) is -0.637. The van der Waals surface area contributed by atoms with Crippen LogP contribution < -0.4 is 4.74 Å². The van der Waals surface area contributed by atoms with Gasteiger partial charge in [-0.05, 0) is 17.5 Å². The molecule has 0 aliphatic rings. The lowest BCUT2D eigenvalue weighted by atomic mass is 10.1. The normalized spacial score (nSPS) is 11.7. The highest BCUT2D eigenvalue weighted by molar-refractivity contribution is 7.90. The fourth-order valence-electron chi connectivity index (χ4n) is 3.02. The van der Waals surface area contributed by atoms with Gasteiger partial charge in [0.05, 0.1) is 27.3 Å². The van der Waals surface area contributed by atoms with Crippen molar-refractivity contribution in [1.29, 1.82) is 0 Å². The molecule has 0 aromatic heterocycles. The van der Waals surface area contributed by atoms with Crippen molar-refractivity contribution in [2.45, 2.75) is 16.8 Å². The maximum atomic E-state index is 13.1. The third kappa shape index (κ3) is 4.63. The van der Waals surface area contributed by atoms with Gasteiger partial charge in [0.15, 0.2) is 15.6 Å². The molecule has 0 fully saturated rings. The Balaban J connectivity index is 2.06. The summed E-state index contributed by atoms with van der Waals surface area (Å²) >= 11 is 11.5. The number of benzene rings is 3. The average Bonchev–Trinajstić information content (AvgIpc) is 2.71. The molecule has 0 aliphatic carbocycles. The van der Waals surface area contributed by atoms with Gasteiger partial charge in [-0.15, -0.1) is 23.2 Å². The van der Waals surface area contributed by atoms with Crippen molar-refractivity contribution in [1.82, 2.24) is 0 Å². The van der Waals surface area contributed by atoms with Gasteiger partial charge < -0.3 is 4.74 Å². The van der Waals surface area contributed by atoms with Gasteiger partial charge in [0.2, 0.25) is 0 Å². The van der Waals surface area contributed by atoms with Crippen molar-refractivity contribution in [2.75, 3.05) is 11.8 Å². The van der Waals surface area contributed by atoms with Crippen LogP contribution in [-0.2, 0) is 15.6 Å². The van der Waals surface area contributed by atoms with Crippen molar-refractivity contribution in [3.63, 3.8) is 0 Å². The Hall–Kier alpha value is -2.35. The number of halogens is 2. The Bertz CT molecular complexity index is 1140. The molecule has 6 nitrogen and oxygen atoms in total. The molecule has 0 N–H and O–H groups in total. The summed E-state index contributed by atoms with van der Waals surface area (Å²) in [6, 6.07) is 16.4. The van der Waals surface area contributed by atoms with E-state index in [9.17, 15) is 18.5 Å². The number of hydrogen-bond donors (Lipinski definition) is 0. The van der Waals surface area contributed by atoms with Gasteiger partial charge in [0.1, 0.15) is 6.10 Å². The van der Waals surface area contributed by atoms with Gasteiger partial charge in [-0.25, -0.2) is 8.42 Å². The Morgan fingerprint density at radius 1 is 0.966 bits per heavy atom. The number of alkyl halides is 2. The van der Waals surface area contributed by atoms with E-state index >= 15 is 0 Å².